The lowest BCUT2D eigenvalue weighted by Crippen LogP contribution is -2.51. The first-order valence-corrected chi connectivity index (χ1v) is 13.4. The van der Waals surface area contributed by atoms with E-state index in [0.717, 1.165) is 12.0 Å². The summed E-state index contributed by atoms with van der Waals surface area (Å²) < 4.78 is 6.01. The molecular weight excluding hydrogens is 480 g/mol. The Morgan fingerprint density at radius 3 is 2.42 bits per heavy atom. The third-order valence-electron chi connectivity index (χ3n) is 6.99. The molecule has 0 fully saturated rings. The van der Waals surface area contributed by atoms with Crippen LogP contribution in [0.4, 0.5) is 4.79 Å². The molecule has 38 heavy (non-hydrogen) atoms. The van der Waals surface area contributed by atoms with Gasteiger partial charge in [0.1, 0.15) is 17.5 Å². The van der Waals surface area contributed by atoms with Crippen LogP contribution in [-0.2, 0) is 9.59 Å². The maximum atomic E-state index is 14.0. The highest BCUT2D eigenvalue weighted by Crippen LogP contribution is 2.38. The van der Waals surface area contributed by atoms with E-state index in [0.29, 0.717) is 41.8 Å². The van der Waals surface area contributed by atoms with Crippen molar-refractivity contribution < 1.29 is 19.1 Å². The highest BCUT2D eigenvalue weighted by Gasteiger charge is 2.47. The molecule has 2 aromatic rings. The lowest BCUT2D eigenvalue weighted by Gasteiger charge is -2.33. The molecule has 0 unspecified atom stereocenters. The Bertz CT molecular complexity index is 1210. The number of amides is 4. The molecule has 0 spiro atoms. The van der Waals surface area contributed by atoms with Gasteiger partial charge < -0.3 is 20.3 Å². The van der Waals surface area contributed by atoms with E-state index >= 15 is 0 Å². The number of urea groups is 1. The van der Waals surface area contributed by atoms with Gasteiger partial charge in [0.15, 0.2) is 0 Å². The number of hydrogen-bond acceptors (Lipinski definition) is 4. The normalized spacial score (nSPS) is 18.1. The van der Waals surface area contributed by atoms with Crippen molar-refractivity contribution in [1.29, 1.82) is 0 Å². The third kappa shape index (κ3) is 5.69. The second-order valence-corrected chi connectivity index (χ2v) is 10.6. The summed E-state index contributed by atoms with van der Waals surface area (Å²) in [5.74, 6) is 1.28. The summed E-state index contributed by atoms with van der Waals surface area (Å²) in [6.07, 6.45) is 0.866. The zero-order chi connectivity index (χ0) is 27.4. The Hall–Kier alpha value is -3.81. The van der Waals surface area contributed by atoms with E-state index in [1.54, 1.807) is 9.80 Å². The molecule has 0 saturated heterocycles. The summed E-state index contributed by atoms with van der Waals surface area (Å²) in [6.45, 7) is 11.2. The van der Waals surface area contributed by atoms with E-state index in [-0.39, 0.29) is 30.3 Å². The molecule has 4 rings (SSSR count). The molecule has 2 heterocycles. The molecule has 0 radical (unpaired) electrons. The van der Waals surface area contributed by atoms with Crippen molar-refractivity contribution in [1.82, 2.24) is 20.4 Å². The van der Waals surface area contributed by atoms with Crippen molar-refractivity contribution in [3.63, 3.8) is 0 Å². The van der Waals surface area contributed by atoms with Crippen LogP contribution >= 0.6 is 0 Å². The second kappa shape index (κ2) is 11.7. The van der Waals surface area contributed by atoms with Gasteiger partial charge in [0.25, 0.3) is 5.91 Å². The van der Waals surface area contributed by atoms with E-state index in [1.807, 2.05) is 75.4 Å². The second-order valence-electron chi connectivity index (χ2n) is 10.6. The van der Waals surface area contributed by atoms with Crippen LogP contribution in [0, 0.1) is 11.8 Å². The average Bonchev–Trinajstić information content (AvgIpc) is 3.20. The molecule has 4 amide bonds. The smallest absolute Gasteiger partial charge is 0.322 e. The number of nitrogens with zero attached hydrogens (tertiary/aromatic N) is 2. The van der Waals surface area contributed by atoms with Crippen LogP contribution in [0.1, 0.15) is 52.6 Å². The van der Waals surface area contributed by atoms with E-state index in [4.69, 9.17) is 4.74 Å². The van der Waals surface area contributed by atoms with Crippen LogP contribution in [0.15, 0.2) is 65.9 Å². The fraction of sp³-hybridized carbons (Fsp3) is 0.433. The maximum absolute atomic E-state index is 14.0. The first kappa shape index (κ1) is 27.2. The summed E-state index contributed by atoms with van der Waals surface area (Å²) in [4.78, 5) is 43.6. The number of para-hydroxylation sites is 1. The standard InChI is InChI=1S/C30H38N4O4/c1-6-33-24-18-34(27(20(4)5)28(35)31-16-15-19(2)3)29(36)25(24)26(32-30(33)37)21-11-10-14-23(17-21)38-22-12-8-7-9-13-22/h7-14,17,19-20,26-27H,6,15-16,18H2,1-5H3,(H,31,35)(H,32,37)/t26-,27-/m1/s1. The van der Waals surface area contributed by atoms with Gasteiger partial charge in [-0.1, -0.05) is 58.0 Å². The summed E-state index contributed by atoms with van der Waals surface area (Å²) in [5.41, 5.74) is 1.90. The topological polar surface area (TPSA) is 91.0 Å². The molecule has 202 valence electrons. The molecule has 2 aliphatic rings. The third-order valence-corrected chi connectivity index (χ3v) is 6.99. The van der Waals surface area contributed by atoms with Crippen molar-refractivity contribution in [2.75, 3.05) is 19.6 Å². The fourth-order valence-corrected chi connectivity index (χ4v) is 5.10. The van der Waals surface area contributed by atoms with Crippen LogP contribution in [0.5, 0.6) is 11.5 Å². The number of rotatable bonds is 10. The quantitative estimate of drug-likeness (QED) is 0.471. The molecule has 0 aromatic heterocycles. The van der Waals surface area contributed by atoms with E-state index < -0.39 is 12.1 Å². The fourth-order valence-electron chi connectivity index (χ4n) is 5.10. The first-order chi connectivity index (χ1) is 18.2. The van der Waals surface area contributed by atoms with Crippen LogP contribution in [0.3, 0.4) is 0 Å². The maximum Gasteiger partial charge on any atom is 0.322 e. The van der Waals surface area contributed by atoms with Gasteiger partial charge in [0.2, 0.25) is 5.91 Å². The molecule has 0 aliphatic carbocycles. The van der Waals surface area contributed by atoms with Crippen molar-refractivity contribution in [2.45, 2.75) is 53.1 Å². The molecule has 8 nitrogen and oxygen atoms in total. The van der Waals surface area contributed by atoms with Gasteiger partial charge in [-0.25, -0.2) is 4.79 Å². The predicted octanol–water partition coefficient (Wildman–Crippen LogP) is 4.85. The largest absolute Gasteiger partial charge is 0.457 e. The van der Waals surface area contributed by atoms with E-state index in [1.165, 1.54) is 0 Å². The lowest BCUT2D eigenvalue weighted by atomic mass is 9.95. The van der Waals surface area contributed by atoms with E-state index in [2.05, 4.69) is 24.5 Å². The Kier molecular flexibility index (Phi) is 8.39. The first-order valence-electron chi connectivity index (χ1n) is 13.4. The highest BCUT2D eigenvalue weighted by atomic mass is 16.5. The molecule has 2 aliphatic heterocycles. The molecule has 2 aromatic carbocycles. The van der Waals surface area contributed by atoms with Gasteiger partial charge >= 0.3 is 6.03 Å². The predicted molar refractivity (Wildman–Crippen MR) is 146 cm³/mol. The summed E-state index contributed by atoms with van der Waals surface area (Å²) in [7, 11) is 0. The van der Waals surface area contributed by atoms with Gasteiger partial charge in [0.05, 0.1) is 23.9 Å². The van der Waals surface area contributed by atoms with Gasteiger partial charge in [-0.15, -0.1) is 0 Å². The SMILES string of the molecule is CCN1C(=O)N[C@H](c2cccc(Oc3ccccc3)c2)C2=C1CN([C@@H](C(=O)NCCC(C)C)C(C)C)C2=O. The van der Waals surface area contributed by atoms with Crippen LogP contribution < -0.4 is 15.4 Å². The lowest BCUT2D eigenvalue weighted by molar-refractivity contribution is -0.138. The minimum absolute atomic E-state index is 0.0980. The zero-order valence-electron chi connectivity index (χ0n) is 22.9. The molecule has 2 N–H and O–H groups in total. The summed E-state index contributed by atoms with van der Waals surface area (Å²) in [5, 5.41) is 6.03. The molecule has 8 heteroatoms. The number of benzene rings is 2. The molecule has 0 bridgehead atoms. The van der Waals surface area contributed by atoms with Crippen LogP contribution in [-0.4, -0.2) is 53.3 Å². The number of ether oxygens (including phenoxy) is 1. The Morgan fingerprint density at radius 2 is 1.76 bits per heavy atom. The zero-order valence-corrected chi connectivity index (χ0v) is 22.9. The van der Waals surface area contributed by atoms with Crippen molar-refractivity contribution in [3.05, 3.63) is 71.4 Å². The highest BCUT2D eigenvalue weighted by molar-refractivity contribution is 6.03. The van der Waals surface area contributed by atoms with Gasteiger partial charge in [-0.05, 0) is 55.0 Å². The minimum atomic E-state index is -0.645. The Labute approximate surface area is 225 Å². The number of likely N-dealkylation sites (N-methyl/N-ethyl adjacent to an activating group) is 1. The monoisotopic (exact) mass is 518 g/mol. The number of carbonyl (C=O) groups excluding carboxylic acids is 3. The molecular formula is C30H38N4O4. The van der Waals surface area contributed by atoms with Gasteiger partial charge in [-0.2, -0.15) is 0 Å². The average molecular weight is 519 g/mol. The molecule has 0 saturated carbocycles. The number of hydrogen-bond donors (Lipinski definition) is 2. The Balaban J connectivity index is 1.64. The minimum Gasteiger partial charge on any atom is -0.457 e. The van der Waals surface area contributed by atoms with Crippen molar-refractivity contribution in [2.24, 2.45) is 11.8 Å². The summed E-state index contributed by atoms with van der Waals surface area (Å²) in [6, 6.07) is 15.3. The van der Waals surface area contributed by atoms with Crippen LogP contribution in [0.25, 0.3) is 0 Å². The van der Waals surface area contributed by atoms with Crippen LogP contribution in [0.2, 0.25) is 0 Å². The summed E-state index contributed by atoms with van der Waals surface area (Å²) >= 11 is 0. The Morgan fingerprint density at radius 1 is 1.05 bits per heavy atom. The van der Waals surface area contributed by atoms with E-state index in [9.17, 15) is 14.4 Å². The molecule has 2 atom stereocenters. The van der Waals surface area contributed by atoms with Gasteiger partial charge in [0, 0.05) is 13.1 Å². The van der Waals surface area contributed by atoms with Crippen molar-refractivity contribution >= 4 is 17.8 Å². The van der Waals surface area contributed by atoms with Crippen molar-refractivity contribution in [3.8, 4) is 11.5 Å². The number of nitrogens with one attached hydrogen (secondary N) is 2. The van der Waals surface area contributed by atoms with Gasteiger partial charge in [-0.3, -0.25) is 14.5 Å². The number of carbonyl (C=O) groups is 3.